The number of oxazole rings is 1. The standard InChI is InChI=1S/C12H11NO6/c1-2-18-12(17)6-3-4-8-7(5-6)13-10(19-8)9(14)11(15)16/h3-5,9,14H,2H2,1H3,(H,15,16). The van der Waals surface area contributed by atoms with Crippen LogP contribution < -0.4 is 0 Å². The van der Waals surface area contributed by atoms with Gasteiger partial charge in [0.2, 0.25) is 12.0 Å². The summed E-state index contributed by atoms with van der Waals surface area (Å²) in [5.41, 5.74) is 0.836. The number of esters is 1. The Kier molecular flexibility index (Phi) is 3.48. The molecule has 1 atom stereocenters. The zero-order chi connectivity index (χ0) is 14.0. The number of hydrogen-bond acceptors (Lipinski definition) is 6. The Labute approximate surface area is 107 Å². The third-order valence-electron chi connectivity index (χ3n) is 2.38. The smallest absolute Gasteiger partial charge is 0.342 e. The topological polar surface area (TPSA) is 110 Å². The summed E-state index contributed by atoms with van der Waals surface area (Å²) in [5.74, 6) is -2.30. The summed E-state index contributed by atoms with van der Waals surface area (Å²) in [4.78, 5) is 26.0. The van der Waals surface area contributed by atoms with Gasteiger partial charge in [0.15, 0.2) is 5.58 Å². The average Bonchev–Trinajstić information content (AvgIpc) is 2.80. The Morgan fingerprint density at radius 3 is 2.84 bits per heavy atom. The van der Waals surface area contributed by atoms with E-state index in [1.54, 1.807) is 6.92 Å². The summed E-state index contributed by atoms with van der Waals surface area (Å²) in [6, 6.07) is 4.35. The zero-order valence-corrected chi connectivity index (χ0v) is 9.99. The Hall–Kier alpha value is -2.41. The first-order chi connectivity index (χ1) is 9.02. The van der Waals surface area contributed by atoms with Gasteiger partial charge >= 0.3 is 11.9 Å². The van der Waals surface area contributed by atoms with Crippen molar-refractivity contribution in [3.63, 3.8) is 0 Å². The van der Waals surface area contributed by atoms with E-state index in [4.69, 9.17) is 14.3 Å². The van der Waals surface area contributed by atoms with Gasteiger partial charge in [0, 0.05) is 0 Å². The monoisotopic (exact) mass is 265 g/mol. The quantitative estimate of drug-likeness (QED) is 0.797. The molecule has 1 heterocycles. The van der Waals surface area contributed by atoms with E-state index in [1.165, 1.54) is 18.2 Å². The summed E-state index contributed by atoms with van der Waals surface area (Å²) in [7, 11) is 0. The molecule has 0 aliphatic carbocycles. The number of nitrogens with zero attached hydrogens (tertiary/aromatic N) is 1. The number of aliphatic hydroxyl groups is 1. The SMILES string of the molecule is CCOC(=O)c1ccc2oc(C(O)C(=O)O)nc2c1. The Morgan fingerprint density at radius 1 is 1.47 bits per heavy atom. The molecule has 1 aromatic carbocycles. The van der Waals surface area contributed by atoms with Crippen LogP contribution in [0, 0.1) is 0 Å². The third-order valence-corrected chi connectivity index (χ3v) is 2.38. The van der Waals surface area contributed by atoms with Crippen LogP contribution in [0.3, 0.4) is 0 Å². The van der Waals surface area contributed by atoms with Gasteiger partial charge < -0.3 is 19.4 Å². The number of carboxylic acid groups (broad SMARTS) is 1. The largest absolute Gasteiger partial charge is 0.479 e. The molecule has 0 radical (unpaired) electrons. The first kappa shape index (κ1) is 13.0. The average molecular weight is 265 g/mol. The van der Waals surface area contributed by atoms with Crippen molar-refractivity contribution in [2.75, 3.05) is 6.61 Å². The van der Waals surface area contributed by atoms with E-state index < -0.39 is 18.0 Å². The lowest BCUT2D eigenvalue weighted by Gasteiger charge is -2.00. The number of fused-ring (bicyclic) bond motifs is 1. The Morgan fingerprint density at radius 2 is 2.21 bits per heavy atom. The van der Waals surface area contributed by atoms with E-state index in [2.05, 4.69) is 4.98 Å². The van der Waals surface area contributed by atoms with E-state index in [1.807, 2.05) is 0 Å². The number of benzene rings is 1. The fraction of sp³-hybridized carbons (Fsp3) is 0.250. The molecule has 0 amide bonds. The molecular formula is C12H11NO6. The number of carboxylic acids is 1. The third kappa shape index (κ3) is 2.55. The highest BCUT2D eigenvalue weighted by Gasteiger charge is 2.22. The van der Waals surface area contributed by atoms with Crippen molar-refractivity contribution in [1.82, 2.24) is 4.98 Å². The molecule has 100 valence electrons. The Balaban J connectivity index is 2.38. The van der Waals surface area contributed by atoms with Crippen molar-refractivity contribution < 1.29 is 29.0 Å². The van der Waals surface area contributed by atoms with Gasteiger partial charge in [-0.05, 0) is 25.1 Å². The number of carbonyl (C=O) groups excluding carboxylic acids is 1. The lowest BCUT2D eigenvalue weighted by atomic mass is 10.2. The molecule has 1 unspecified atom stereocenters. The number of aliphatic hydroxyl groups excluding tert-OH is 1. The van der Waals surface area contributed by atoms with Crippen LogP contribution in [0.1, 0.15) is 29.3 Å². The van der Waals surface area contributed by atoms with Crippen LogP contribution in [0.25, 0.3) is 11.1 Å². The summed E-state index contributed by atoms with van der Waals surface area (Å²) >= 11 is 0. The van der Waals surface area contributed by atoms with Crippen LogP contribution in [0.2, 0.25) is 0 Å². The molecule has 7 nitrogen and oxygen atoms in total. The highest BCUT2D eigenvalue weighted by Crippen LogP contribution is 2.21. The van der Waals surface area contributed by atoms with Crippen molar-refractivity contribution in [2.45, 2.75) is 13.0 Å². The molecular weight excluding hydrogens is 254 g/mol. The van der Waals surface area contributed by atoms with E-state index in [0.29, 0.717) is 0 Å². The lowest BCUT2D eigenvalue weighted by Crippen LogP contribution is -2.10. The number of aliphatic carboxylic acids is 1. The minimum atomic E-state index is -1.83. The molecule has 7 heteroatoms. The minimum absolute atomic E-state index is 0.249. The molecule has 1 aromatic heterocycles. The maximum absolute atomic E-state index is 11.5. The summed E-state index contributed by atoms with van der Waals surface area (Å²) in [6.45, 7) is 1.94. The molecule has 19 heavy (non-hydrogen) atoms. The fourth-order valence-corrected chi connectivity index (χ4v) is 1.51. The van der Waals surface area contributed by atoms with Gasteiger partial charge in [-0.3, -0.25) is 0 Å². The number of hydrogen-bond donors (Lipinski definition) is 2. The van der Waals surface area contributed by atoms with Crippen molar-refractivity contribution >= 4 is 23.0 Å². The van der Waals surface area contributed by atoms with Gasteiger partial charge in [0.1, 0.15) is 5.52 Å². The van der Waals surface area contributed by atoms with Crippen molar-refractivity contribution in [1.29, 1.82) is 0 Å². The summed E-state index contributed by atoms with van der Waals surface area (Å²) in [5, 5.41) is 18.0. The number of carbonyl (C=O) groups is 2. The molecule has 2 N–H and O–H groups in total. The summed E-state index contributed by atoms with van der Waals surface area (Å²) < 4.78 is 9.92. The predicted molar refractivity (Wildman–Crippen MR) is 62.6 cm³/mol. The van der Waals surface area contributed by atoms with Gasteiger partial charge in [-0.2, -0.15) is 0 Å². The molecule has 0 spiro atoms. The van der Waals surface area contributed by atoms with Crippen molar-refractivity contribution in [3.05, 3.63) is 29.7 Å². The number of rotatable bonds is 4. The van der Waals surface area contributed by atoms with E-state index in [9.17, 15) is 14.7 Å². The van der Waals surface area contributed by atoms with Crippen LogP contribution in [0.5, 0.6) is 0 Å². The van der Waals surface area contributed by atoms with Gasteiger partial charge in [-0.1, -0.05) is 0 Å². The maximum atomic E-state index is 11.5. The first-order valence-electron chi connectivity index (χ1n) is 5.51. The molecule has 0 aliphatic rings. The summed E-state index contributed by atoms with van der Waals surface area (Å²) in [6.07, 6.45) is -1.83. The molecule has 2 rings (SSSR count). The van der Waals surface area contributed by atoms with Gasteiger partial charge in [0.05, 0.1) is 12.2 Å². The molecule has 0 fully saturated rings. The van der Waals surface area contributed by atoms with Crippen LogP contribution in [-0.2, 0) is 9.53 Å². The van der Waals surface area contributed by atoms with E-state index >= 15 is 0 Å². The van der Waals surface area contributed by atoms with Gasteiger partial charge in [-0.15, -0.1) is 0 Å². The predicted octanol–water partition coefficient (Wildman–Crippen LogP) is 1.12. The molecule has 2 aromatic rings. The molecule has 0 saturated heterocycles. The number of ether oxygens (including phenoxy) is 1. The first-order valence-corrected chi connectivity index (χ1v) is 5.51. The highest BCUT2D eigenvalue weighted by atomic mass is 16.5. The van der Waals surface area contributed by atoms with Crippen LogP contribution in [0.15, 0.2) is 22.6 Å². The molecule has 0 bridgehead atoms. The number of aromatic nitrogens is 1. The Bertz CT molecular complexity index is 632. The van der Waals surface area contributed by atoms with Gasteiger partial charge in [-0.25, -0.2) is 14.6 Å². The second-order valence-corrected chi connectivity index (χ2v) is 3.70. The van der Waals surface area contributed by atoms with Crippen molar-refractivity contribution in [3.8, 4) is 0 Å². The maximum Gasteiger partial charge on any atom is 0.342 e. The van der Waals surface area contributed by atoms with E-state index in [-0.39, 0.29) is 29.2 Å². The normalized spacial score (nSPS) is 12.3. The van der Waals surface area contributed by atoms with E-state index in [0.717, 1.165) is 0 Å². The second-order valence-electron chi connectivity index (χ2n) is 3.70. The highest BCUT2D eigenvalue weighted by molar-refractivity contribution is 5.93. The van der Waals surface area contributed by atoms with Crippen molar-refractivity contribution in [2.24, 2.45) is 0 Å². The van der Waals surface area contributed by atoms with Crippen LogP contribution >= 0.6 is 0 Å². The van der Waals surface area contributed by atoms with Gasteiger partial charge in [0.25, 0.3) is 0 Å². The van der Waals surface area contributed by atoms with Crippen LogP contribution in [0.4, 0.5) is 0 Å². The lowest BCUT2D eigenvalue weighted by molar-refractivity contribution is -0.148. The fourth-order valence-electron chi connectivity index (χ4n) is 1.51. The minimum Gasteiger partial charge on any atom is -0.479 e. The second kappa shape index (κ2) is 5.07. The molecule has 0 aliphatic heterocycles. The zero-order valence-electron chi connectivity index (χ0n) is 9.99. The van der Waals surface area contributed by atoms with Crippen LogP contribution in [-0.4, -0.2) is 33.7 Å². The molecule has 0 saturated carbocycles.